The van der Waals surface area contributed by atoms with Gasteiger partial charge in [-0.05, 0) is 84.9 Å². The van der Waals surface area contributed by atoms with E-state index in [1.165, 1.54) is 57.8 Å². The largest absolute Gasteiger partial charge is 0.0654 e. The van der Waals surface area contributed by atoms with Crippen LogP contribution in [0.5, 0.6) is 0 Å². The highest BCUT2D eigenvalue weighted by Gasteiger charge is 2.59. The second-order valence-corrected chi connectivity index (χ2v) is 10.8. The molecule has 0 spiro atoms. The zero-order valence-corrected chi connectivity index (χ0v) is 18.2. The van der Waals surface area contributed by atoms with Gasteiger partial charge in [-0.15, -0.1) is 0 Å². The van der Waals surface area contributed by atoms with Crippen molar-refractivity contribution in [1.82, 2.24) is 0 Å². The highest BCUT2D eigenvalue weighted by atomic mass is 14.6. The van der Waals surface area contributed by atoms with E-state index in [1.807, 2.05) is 0 Å². The third kappa shape index (κ3) is 3.12. The highest BCUT2D eigenvalue weighted by molar-refractivity contribution is 5.08. The molecule has 3 aliphatic carbocycles. The molecule has 0 aromatic heterocycles. The second kappa shape index (κ2) is 7.55. The predicted molar refractivity (Wildman–Crippen MR) is 111 cm³/mol. The lowest BCUT2D eigenvalue weighted by atomic mass is 9.45. The maximum absolute atomic E-state index is 2.72. The second-order valence-electron chi connectivity index (χ2n) is 10.8. The lowest BCUT2D eigenvalue weighted by Crippen LogP contribution is -2.52. The molecule has 4 unspecified atom stereocenters. The highest BCUT2D eigenvalue weighted by Crippen LogP contribution is 2.67. The van der Waals surface area contributed by atoms with Gasteiger partial charge < -0.3 is 0 Å². The summed E-state index contributed by atoms with van der Waals surface area (Å²) in [5.41, 5.74) is 1.30. The van der Waals surface area contributed by atoms with E-state index in [1.54, 1.807) is 12.8 Å². The van der Waals surface area contributed by atoms with Gasteiger partial charge in [-0.25, -0.2) is 0 Å². The molecule has 0 radical (unpaired) electrons. The topological polar surface area (TPSA) is 0 Å². The fourth-order valence-electron chi connectivity index (χ4n) is 8.54. The average molecular weight is 347 g/mol. The molecule has 8 atom stereocenters. The zero-order chi connectivity index (χ0) is 18.2. The maximum atomic E-state index is 2.72. The first-order chi connectivity index (χ1) is 11.9. The summed E-state index contributed by atoms with van der Waals surface area (Å²) < 4.78 is 0. The van der Waals surface area contributed by atoms with Gasteiger partial charge in [0.1, 0.15) is 0 Å². The minimum atomic E-state index is 0.632. The van der Waals surface area contributed by atoms with Crippen LogP contribution in [0.4, 0.5) is 0 Å². The minimum absolute atomic E-state index is 0.632. The molecule has 0 bridgehead atoms. The van der Waals surface area contributed by atoms with Crippen molar-refractivity contribution < 1.29 is 0 Å². The van der Waals surface area contributed by atoms with Crippen molar-refractivity contribution in [2.24, 2.45) is 46.3 Å². The van der Waals surface area contributed by atoms with E-state index < -0.39 is 0 Å². The summed E-state index contributed by atoms with van der Waals surface area (Å²) in [4.78, 5) is 0. The number of hydrogen-bond donors (Lipinski definition) is 0. The van der Waals surface area contributed by atoms with E-state index >= 15 is 0 Å². The molecule has 0 saturated heterocycles. The first-order valence-corrected chi connectivity index (χ1v) is 11.9. The van der Waals surface area contributed by atoms with E-state index in [4.69, 9.17) is 0 Å². The summed E-state index contributed by atoms with van der Waals surface area (Å²) in [6.45, 7) is 15.3. The maximum Gasteiger partial charge on any atom is -0.0264 e. The van der Waals surface area contributed by atoms with Crippen molar-refractivity contribution in [3.8, 4) is 0 Å². The van der Waals surface area contributed by atoms with Crippen LogP contribution >= 0.6 is 0 Å². The summed E-state index contributed by atoms with van der Waals surface area (Å²) >= 11 is 0. The molecule has 3 rings (SSSR count). The Bertz CT molecular complexity index is 439. The molecular weight excluding hydrogens is 300 g/mol. The molecule has 0 heterocycles. The van der Waals surface area contributed by atoms with Crippen molar-refractivity contribution in [2.75, 3.05) is 0 Å². The summed E-state index contributed by atoms with van der Waals surface area (Å²) in [6.07, 6.45) is 16.3. The van der Waals surface area contributed by atoms with Crippen molar-refractivity contribution in [3.63, 3.8) is 0 Å². The van der Waals surface area contributed by atoms with Crippen molar-refractivity contribution in [2.45, 2.75) is 112 Å². The molecule has 0 amide bonds. The Balaban J connectivity index is 1.82. The van der Waals surface area contributed by atoms with Crippen LogP contribution in [-0.2, 0) is 0 Å². The van der Waals surface area contributed by atoms with Crippen molar-refractivity contribution in [1.29, 1.82) is 0 Å². The van der Waals surface area contributed by atoms with Crippen LogP contribution in [0.3, 0.4) is 0 Å². The normalized spacial score (nSPS) is 48.0. The SMILES string of the molecule is CCCC1CCC2C(CC[C@@]3(C)C2CC[C@@H]3[C@H](C)CCC)[C@@]1(C)CC. The van der Waals surface area contributed by atoms with E-state index in [2.05, 4.69) is 41.5 Å². The summed E-state index contributed by atoms with van der Waals surface area (Å²) in [6, 6.07) is 0. The van der Waals surface area contributed by atoms with Gasteiger partial charge in [0.25, 0.3) is 0 Å². The van der Waals surface area contributed by atoms with E-state index in [0.29, 0.717) is 10.8 Å². The van der Waals surface area contributed by atoms with Gasteiger partial charge in [-0.1, -0.05) is 73.6 Å². The monoisotopic (exact) mass is 346 g/mol. The van der Waals surface area contributed by atoms with E-state index in [0.717, 1.165) is 35.5 Å². The Hall–Kier alpha value is 0. The standard InChI is InChI=1S/C25H46/c1-7-10-18(4)21-14-15-22-20-13-12-19(11-8-2)24(5,9-3)23(20)16-17-25(21,22)6/h18-23H,7-17H2,1-6H3/t18-,19?,20?,21-,22?,23?,24+,25-/m1/s1. The Labute approximate surface area is 158 Å². The Morgan fingerprint density at radius 3 is 2.28 bits per heavy atom. The molecular formula is C25H46. The van der Waals surface area contributed by atoms with Crippen LogP contribution < -0.4 is 0 Å². The lowest BCUT2D eigenvalue weighted by Gasteiger charge is -2.59. The van der Waals surface area contributed by atoms with Gasteiger partial charge in [-0.2, -0.15) is 0 Å². The van der Waals surface area contributed by atoms with Crippen molar-refractivity contribution >= 4 is 0 Å². The molecule has 0 N–H and O–H groups in total. The average Bonchev–Trinajstić information content (AvgIpc) is 2.95. The van der Waals surface area contributed by atoms with Gasteiger partial charge in [0.05, 0.1) is 0 Å². The minimum Gasteiger partial charge on any atom is -0.0654 e. The molecule has 146 valence electrons. The number of fused-ring (bicyclic) bond motifs is 3. The number of rotatable bonds is 6. The van der Waals surface area contributed by atoms with Gasteiger partial charge >= 0.3 is 0 Å². The fraction of sp³-hybridized carbons (Fsp3) is 1.00. The quantitative estimate of drug-likeness (QED) is 0.455. The van der Waals surface area contributed by atoms with Gasteiger partial charge in [0.15, 0.2) is 0 Å². The summed E-state index contributed by atoms with van der Waals surface area (Å²) in [7, 11) is 0. The Morgan fingerprint density at radius 2 is 1.64 bits per heavy atom. The lowest BCUT2D eigenvalue weighted by molar-refractivity contribution is -0.103. The summed E-state index contributed by atoms with van der Waals surface area (Å²) in [5, 5.41) is 0. The van der Waals surface area contributed by atoms with Crippen LogP contribution in [0.1, 0.15) is 112 Å². The Kier molecular flexibility index (Phi) is 5.97. The smallest absolute Gasteiger partial charge is 0.0264 e. The van der Waals surface area contributed by atoms with Crippen LogP contribution in [0.2, 0.25) is 0 Å². The van der Waals surface area contributed by atoms with Crippen molar-refractivity contribution in [3.05, 3.63) is 0 Å². The molecule has 3 aliphatic rings. The van der Waals surface area contributed by atoms with Gasteiger partial charge in [0.2, 0.25) is 0 Å². The number of hydrogen-bond acceptors (Lipinski definition) is 0. The van der Waals surface area contributed by atoms with Crippen LogP contribution in [-0.4, -0.2) is 0 Å². The fourth-order valence-corrected chi connectivity index (χ4v) is 8.54. The van der Waals surface area contributed by atoms with Gasteiger partial charge in [0, 0.05) is 0 Å². The first-order valence-electron chi connectivity index (χ1n) is 11.9. The zero-order valence-electron chi connectivity index (χ0n) is 18.2. The molecule has 25 heavy (non-hydrogen) atoms. The van der Waals surface area contributed by atoms with E-state index in [-0.39, 0.29) is 0 Å². The summed E-state index contributed by atoms with van der Waals surface area (Å²) in [5.74, 6) is 6.09. The van der Waals surface area contributed by atoms with E-state index in [9.17, 15) is 0 Å². The molecule has 0 nitrogen and oxygen atoms in total. The van der Waals surface area contributed by atoms with Crippen LogP contribution in [0.15, 0.2) is 0 Å². The first kappa shape index (κ1) is 19.8. The molecule has 3 fully saturated rings. The molecule has 0 heteroatoms. The van der Waals surface area contributed by atoms with Crippen LogP contribution in [0.25, 0.3) is 0 Å². The molecule has 0 aromatic rings. The molecule has 0 aromatic carbocycles. The molecule has 0 aliphatic heterocycles. The Morgan fingerprint density at radius 1 is 0.880 bits per heavy atom. The van der Waals surface area contributed by atoms with Crippen LogP contribution in [0, 0.1) is 46.3 Å². The third-order valence-corrected chi connectivity index (χ3v) is 9.97. The predicted octanol–water partition coefficient (Wildman–Crippen LogP) is 8.11. The molecule has 3 saturated carbocycles. The third-order valence-electron chi connectivity index (χ3n) is 9.97. The van der Waals surface area contributed by atoms with Gasteiger partial charge in [-0.3, -0.25) is 0 Å².